The molecule has 15 amide bonds. The molecule has 0 radical (unpaired) electrons. The first-order valence-electron chi connectivity index (χ1n) is 38.8. The van der Waals surface area contributed by atoms with Crippen LogP contribution in [0.3, 0.4) is 0 Å². The Labute approximate surface area is 682 Å². The van der Waals surface area contributed by atoms with Crippen LogP contribution < -0.4 is 91.2 Å². The summed E-state index contributed by atoms with van der Waals surface area (Å²) in [6.45, 7) is 13.2. The summed E-state index contributed by atoms with van der Waals surface area (Å²) in [6, 6.07) is -12.9. The number of hydrogen-bond donors (Lipinski definition) is 23. The number of nitrogens with two attached hydrogens (primary N) is 2. The fourth-order valence-electron chi connectivity index (χ4n) is 12.6. The quantitative estimate of drug-likeness (QED) is 0.0165. The van der Waals surface area contributed by atoms with Crippen molar-refractivity contribution in [2.24, 2.45) is 35.1 Å². The number of amides is 15. The minimum atomic E-state index is -1.92. The van der Waals surface area contributed by atoms with Gasteiger partial charge in [0.15, 0.2) is 5.96 Å². The Bertz CT molecular complexity index is 3640. The summed E-state index contributed by atoms with van der Waals surface area (Å²) < 4.78 is 0. The molecule has 2 saturated heterocycles. The molecule has 0 spiro atoms. The summed E-state index contributed by atoms with van der Waals surface area (Å²) in [5.41, 5.74) is 11.4. The lowest BCUT2D eigenvalue weighted by Gasteiger charge is -2.32. The summed E-state index contributed by atoms with van der Waals surface area (Å²) in [5, 5.41) is 94.3. The highest BCUT2D eigenvalue weighted by Crippen LogP contribution is 2.23. The number of phenols is 1. The molecule has 0 unspecified atom stereocenters. The van der Waals surface area contributed by atoms with Gasteiger partial charge in [-0.25, -0.2) is 4.79 Å². The fourth-order valence-corrected chi connectivity index (χ4v) is 13.0. The molecule has 117 heavy (non-hydrogen) atoms. The monoisotopic (exact) mass is 1670 g/mol. The van der Waals surface area contributed by atoms with E-state index in [2.05, 4.69) is 74.4 Å². The molecular formula is C74H119N19O23S. The number of aliphatic carboxylic acids is 3. The first-order valence-corrected chi connectivity index (χ1v) is 40.2. The zero-order chi connectivity index (χ0) is 88.1. The van der Waals surface area contributed by atoms with Gasteiger partial charge in [0.2, 0.25) is 88.6 Å². The van der Waals surface area contributed by atoms with Gasteiger partial charge >= 0.3 is 17.9 Å². The molecule has 42 nitrogen and oxygen atoms in total. The Morgan fingerprint density at radius 2 is 0.991 bits per heavy atom. The summed E-state index contributed by atoms with van der Waals surface area (Å²) >= 11 is 1.38. The van der Waals surface area contributed by atoms with Crippen LogP contribution in [0.5, 0.6) is 5.75 Å². The number of benzene rings is 1. The highest BCUT2D eigenvalue weighted by atomic mass is 32.2. The largest absolute Gasteiger partial charge is 0.508 e. The molecule has 2 heterocycles. The Morgan fingerprint density at radius 3 is 1.50 bits per heavy atom. The van der Waals surface area contributed by atoms with Crippen molar-refractivity contribution in [3.05, 3.63) is 29.8 Å². The van der Waals surface area contributed by atoms with Gasteiger partial charge in [-0.05, 0) is 137 Å². The third kappa shape index (κ3) is 36.4. The maximum absolute atomic E-state index is 14.9. The third-order valence-electron chi connectivity index (χ3n) is 18.8. The van der Waals surface area contributed by atoms with Crippen LogP contribution in [0.25, 0.3) is 0 Å². The normalized spacial score (nSPS) is 16.9. The third-order valence-corrected chi connectivity index (χ3v) is 19.4. The number of aliphatic hydroxyl groups is 1. The van der Waals surface area contributed by atoms with Gasteiger partial charge in [0.25, 0.3) is 0 Å². The Balaban J connectivity index is 1.84. The van der Waals surface area contributed by atoms with E-state index in [0.717, 1.165) is 13.3 Å². The molecule has 0 aromatic heterocycles. The summed E-state index contributed by atoms with van der Waals surface area (Å²) in [7, 11) is 0. The van der Waals surface area contributed by atoms with Crippen LogP contribution in [0.1, 0.15) is 158 Å². The van der Waals surface area contributed by atoms with Crippen LogP contribution in [0.2, 0.25) is 0 Å². The second-order valence-electron chi connectivity index (χ2n) is 30.3. The molecular weight excluding hydrogens is 1550 g/mol. The van der Waals surface area contributed by atoms with E-state index in [9.17, 15) is 107 Å². The number of nitrogens with zero attached hydrogens (tertiary/aromatic N) is 1. The molecule has 654 valence electrons. The first-order chi connectivity index (χ1) is 54.9. The molecule has 3 rings (SSSR count). The number of aliphatic hydroxyl groups excluding tert-OH is 1. The number of carbonyl (C=O) groups is 18. The average Bonchev–Trinajstić information content (AvgIpc) is 1.79. The predicted octanol–water partition coefficient (Wildman–Crippen LogP) is -5.27. The number of carboxylic acid groups (broad SMARTS) is 3. The van der Waals surface area contributed by atoms with Gasteiger partial charge in [-0.2, -0.15) is 11.8 Å². The van der Waals surface area contributed by atoms with Gasteiger partial charge in [-0.3, -0.25) is 86.9 Å². The van der Waals surface area contributed by atoms with Gasteiger partial charge in [-0.15, -0.1) is 0 Å². The van der Waals surface area contributed by atoms with Crippen LogP contribution in [-0.2, 0) is 92.7 Å². The van der Waals surface area contributed by atoms with Crippen LogP contribution in [-0.4, -0.2) is 272 Å². The number of primary amides is 1. The van der Waals surface area contributed by atoms with Crippen LogP contribution >= 0.6 is 11.8 Å². The van der Waals surface area contributed by atoms with E-state index in [-0.39, 0.29) is 81.6 Å². The summed E-state index contributed by atoms with van der Waals surface area (Å²) in [4.78, 5) is 244. The number of rotatable bonds is 52. The van der Waals surface area contributed by atoms with Gasteiger partial charge in [0, 0.05) is 32.4 Å². The van der Waals surface area contributed by atoms with E-state index in [4.69, 9.17) is 22.0 Å². The number of nitrogens with one attached hydrogen (secondary N) is 16. The molecule has 0 saturated carbocycles. The maximum atomic E-state index is 14.9. The molecule has 2 aliphatic heterocycles. The van der Waals surface area contributed by atoms with Crippen molar-refractivity contribution < 1.29 is 112 Å². The summed E-state index contributed by atoms with van der Waals surface area (Å²) in [5.74, 6) is -20.6. The lowest BCUT2D eigenvalue weighted by Crippen LogP contribution is -2.63. The van der Waals surface area contributed by atoms with E-state index in [0.29, 0.717) is 30.7 Å². The van der Waals surface area contributed by atoms with Crippen LogP contribution in [0.4, 0.5) is 0 Å². The molecule has 25 N–H and O–H groups in total. The Hall–Kier alpha value is -11.0. The zero-order valence-electron chi connectivity index (χ0n) is 67.6. The van der Waals surface area contributed by atoms with Crippen molar-refractivity contribution in [3.8, 4) is 5.75 Å². The van der Waals surface area contributed by atoms with Gasteiger partial charge in [0.05, 0.1) is 31.7 Å². The van der Waals surface area contributed by atoms with E-state index < -0.39 is 248 Å². The minimum absolute atomic E-state index is 0.00277. The second kappa shape index (κ2) is 50.5. The van der Waals surface area contributed by atoms with Gasteiger partial charge < -0.3 is 122 Å². The molecule has 2 fully saturated rings. The molecule has 0 bridgehead atoms. The average molecular weight is 1670 g/mol. The maximum Gasteiger partial charge on any atom is 0.326 e. The van der Waals surface area contributed by atoms with Crippen molar-refractivity contribution in [1.29, 1.82) is 5.41 Å². The molecule has 1 aromatic rings. The number of thioether (sulfide) groups is 1. The number of aromatic hydroxyl groups is 1. The van der Waals surface area contributed by atoms with Crippen molar-refractivity contribution in [1.82, 2.24) is 84.7 Å². The van der Waals surface area contributed by atoms with Gasteiger partial charge in [0.1, 0.15) is 78.3 Å². The van der Waals surface area contributed by atoms with E-state index in [1.807, 2.05) is 5.32 Å². The topological polar surface area (TPSA) is 668 Å². The highest BCUT2D eigenvalue weighted by molar-refractivity contribution is 7.98. The van der Waals surface area contributed by atoms with Crippen molar-refractivity contribution in [2.45, 2.75) is 243 Å². The first kappa shape index (κ1) is 100. The molecule has 2 aliphatic rings. The molecule has 1 aromatic carbocycles. The van der Waals surface area contributed by atoms with Crippen LogP contribution in [0.15, 0.2) is 24.3 Å². The van der Waals surface area contributed by atoms with Crippen molar-refractivity contribution >= 4 is 124 Å². The molecule has 0 aliphatic carbocycles. The number of likely N-dealkylation sites (tertiary alicyclic amines) is 1. The number of phenolic OH excluding ortho intramolecular Hbond substituents is 1. The fraction of sp³-hybridized carbons (Fsp3) is 0.662. The molecule has 14 atom stereocenters. The van der Waals surface area contributed by atoms with Crippen molar-refractivity contribution in [3.63, 3.8) is 0 Å². The van der Waals surface area contributed by atoms with E-state index >= 15 is 0 Å². The zero-order valence-corrected chi connectivity index (χ0v) is 68.5. The van der Waals surface area contributed by atoms with Gasteiger partial charge in [-0.1, -0.05) is 67.5 Å². The van der Waals surface area contributed by atoms with Crippen LogP contribution in [0, 0.1) is 29.1 Å². The highest BCUT2D eigenvalue weighted by Gasteiger charge is 2.43. The SMILES string of the molecule is CSCC[C@H](NC(=O)[C@H](CCCNC(=N)N)NC(=O)[C@@H]1CCCN1)C(=O)NCC(=O)N[C@@H](Cc1ccc(O)cc1)C(=O)N[C@@H](CC(C)C)C(=O)N1CCC[C@H]1C(=O)N[C@H](C(=O)N[C@@H](CCC(N)=O)C(=O)N[C@H](C(=O)N[C@H](C(=O)N[C@@H](CC(C)C)C(=O)N[C@@H](CCC(=O)O)C(=O)NCC(=O)N[C@@H](CC(=O)O)C(=O)O)C(C)C)[C@@H](C)O)C(C)C. The number of guanidine groups is 1. The lowest BCUT2D eigenvalue weighted by atomic mass is 9.98. The van der Waals surface area contributed by atoms with E-state index in [1.165, 1.54) is 54.8 Å². The number of hydrogen-bond acceptors (Lipinski definition) is 23. The van der Waals surface area contributed by atoms with Crippen molar-refractivity contribution in [2.75, 3.05) is 44.7 Å². The Morgan fingerprint density at radius 1 is 0.513 bits per heavy atom. The lowest BCUT2D eigenvalue weighted by molar-refractivity contribution is -0.147. The Kier molecular flexibility index (Phi) is 43.2. The second-order valence-corrected chi connectivity index (χ2v) is 31.3. The minimum Gasteiger partial charge on any atom is -0.508 e. The molecule has 43 heteroatoms. The number of carbonyl (C=O) groups excluding carboxylic acids is 15. The smallest absolute Gasteiger partial charge is 0.326 e. The summed E-state index contributed by atoms with van der Waals surface area (Å²) in [6.07, 6.45) is -1.49. The van der Waals surface area contributed by atoms with E-state index in [1.54, 1.807) is 47.8 Å². The number of carboxylic acids is 3. The predicted molar refractivity (Wildman–Crippen MR) is 422 cm³/mol. The standard InChI is InChI=1S/C74H119N19O23S/c1-36(2)30-48(66(108)85-45(22-24-56(99)100)61(103)80-35-55(98)83-51(73(115)116)33-57(101)102)88-70(112)59(39(7)8)91-71(113)60(40(9)94)92-65(107)46(21-23-53(75)96)87-69(111)58(38(5)6)90-68(110)52-16-13-28-93(52)72(114)50(31-37(3)4)89-67(109)49(32-41-17-19-42(95)20-18-41)82-54(97)34-81-62(104)47(25-29-117-10)86-64(106)44(15-12-27-79-74(76)77)84-63(105)43-14-11-26-78-43/h17-20,36-40,43-52,58-60,78,94-95H,11-16,21-35H2,1-10H3,(H2,75,96)(H,80,103)(H,81,104)(H,82,97)(H,83,98)(H,84,105)(H,85,108)(H,86,106)(H,87,111)(H,88,112)(H,89,109)(H,90,110)(H,91,113)(H,92,107)(H,99,100)(H,101,102)(H,115,116)(H4,76,77,79)/t40-,43+,44+,45+,46+,47+,48+,49+,50+,51+,52+,58+,59+,60+/m1/s1.